The summed E-state index contributed by atoms with van der Waals surface area (Å²) >= 11 is 0. The number of nitrogens with zero attached hydrogens (tertiary/aromatic N) is 1. The van der Waals surface area contributed by atoms with Crippen molar-refractivity contribution in [3.63, 3.8) is 0 Å². The second-order valence-corrected chi connectivity index (χ2v) is 7.71. The molecule has 1 amide bonds. The standard InChI is InChI=1S/C25H25N3O2/c1-14-6-8-19(10-15(14)2)26-25(29)18-7-9-21-22(13-18)28-24(27-21)23-16(3)11-20(30-5)12-17(23)4/h6-13H,1-5H3,(H,26,29)(H,27,28). The third-order valence-corrected chi connectivity index (χ3v) is 5.49. The molecule has 0 bridgehead atoms. The highest BCUT2D eigenvalue weighted by atomic mass is 16.5. The van der Waals surface area contributed by atoms with E-state index in [2.05, 4.69) is 17.2 Å². The Hall–Kier alpha value is -3.60. The lowest BCUT2D eigenvalue weighted by atomic mass is 10.0. The fourth-order valence-corrected chi connectivity index (χ4v) is 3.71. The fraction of sp³-hybridized carbons (Fsp3) is 0.200. The summed E-state index contributed by atoms with van der Waals surface area (Å²) < 4.78 is 5.36. The van der Waals surface area contributed by atoms with E-state index < -0.39 is 0 Å². The molecule has 0 fully saturated rings. The van der Waals surface area contributed by atoms with Gasteiger partial charge in [-0.2, -0.15) is 0 Å². The maximum atomic E-state index is 12.8. The average molecular weight is 399 g/mol. The smallest absolute Gasteiger partial charge is 0.255 e. The molecular weight excluding hydrogens is 374 g/mol. The quantitative estimate of drug-likeness (QED) is 0.461. The number of methoxy groups -OCH3 is 1. The molecule has 0 aliphatic carbocycles. The highest BCUT2D eigenvalue weighted by Gasteiger charge is 2.14. The number of imidazole rings is 1. The first-order valence-electron chi connectivity index (χ1n) is 9.89. The number of aryl methyl sites for hydroxylation is 4. The van der Waals surface area contributed by atoms with Crippen molar-refractivity contribution < 1.29 is 9.53 Å². The number of amides is 1. The molecule has 152 valence electrons. The van der Waals surface area contributed by atoms with Crippen molar-refractivity contribution in [1.29, 1.82) is 0 Å². The summed E-state index contributed by atoms with van der Waals surface area (Å²) in [5, 5.41) is 2.97. The lowest BCUT2D eigenvalue weighted by Gasteiger charge is -2.09. The van der Waals surface area contributed by atoms with Crippen LogP contribution in [0.15, 0.2) is 48.5 Å². The molecular formula is C25H25N3O2. The van der Waals surface area contributed by atoms with E-state index in [0.29, 0.717) is 5.56 Å². The Balaban J connectivity index is 1.66. The Morgan fingerprint density at radius 2 is 1.63 bits per heavy atom. The van der Waals surface area contributed by atoms with Gasteiger partial charge >= 0.3 is 0 Å². The molecule has 4 rings (SSSR count). The van der Waals surface area contributed by atoms with Crippen LogP contribution in [-0.2, 0) is 0 Å². The molecule has 5 heteroatoms. The second kappa shape index (κ2) is 7.67. The van der Waals surface area contributed by atoms with E-state index in [-0.39, 0.29) is 5.91 Å². The van der Waals surface area contributed by atoms with E-state index in [1.807, 2.05) is 63.2 Å². The van der Waals surface area contributed by atoms with Gasteiger partial charge in [0.2, 0.25) is 0 Å². The van der Waals surface area contributed by atoms with Crippen LogP contribution in [-0.4, -0.2) is 23.0 Å². The summed E-state index contributed by atoms with van der Waals surface area (Å²) in [6.45, 7) is 8.17. The molecule has 0 radical (unpaired) electrons. The van der Waals surface area contributed by atoms with Crippen molar-refractivity contribution in [2.75, 3.05) is 12.4 Å². The van der Waals surface area contributed by atoms with Crippen LogP contribution in [0, 0.1) is 27.7 Å². The zero-order valence-electron chi connectivity index (χ0n) is 17.9. The van der Waals surface area contributed by atoms with Crippen LogP contribution >= 0.6 is 0 Å². The van der Waals surface area contributed by atoms with Gasteiger partial charge in [-0.25, -0.2) is 4.98 Å². The van der Waals surface area contributed by atoms with Crippen LogP contribution in [0.3, 0.4) is 0 Å². The summed E-state index contributed by atoms with van der Waals surface area (Å²) in [4.78, 5) is 20.9. The first kappa shape index (κ1) is 19.7. The van der Waals surface area contributed by atoms with Gasteiger partial charge in [-0.1, -0.05) is 6.07 Å². The zero-order valence-corrected chi connectivity index (χ0v) is 17.9. The van der Waals surface area contributed by atoms with Gasteiger partial charge < -0.3 is 15.0 Å². The fourth-order valence-electron chi connectivity index (χ4n) is 3.71. The first-order valence-corrected chi connectivity index (χ1v) is 9.89. The van der Waals surface area contributed by atoms with E-state index in [1.165, 1.54) is 5.56 Å². The monoisotopic (exact) mass is 399 g/mol. The number of rotatable bonds is 4. The van der Waals surface area contributed by atoms with Gasteiger partial charge in [0.1, 0.15) is 11.6 Å². The predicted octanol–water partition coefficient (Wildman–Crippen LogP) is 5.72. The number of ether oxygens (including phenoxy) is 1. The van der Waals surface area contributed by atoms with Gasteiger partial charge in [-0.05, 0) is 92.4 Å². The number of anilines is 1. The summed E-state index contributed by atoms with van der Waals surface area (Å²) in [5.41, 5.74) is 8.58. The Labute approximate surface area is 176 Å². The number of nitrogens with one attached hydrogen (secondary N) is 2. The normalized spacial score (nSPS) is 11.0. The van der Waals surface area contributed by atoms with Crippen LogP contribution in [0.25, 0.3) is 22.4 Å². The van der Waals surface area contributed by atoms with Crippen LogP contribution in [0.2, 0.25) is 0 Å². The molecule has 0 aliphatic heterocycles. The van der Waals surface area contributed by atoms with E-state index in [0.717, 1.165) is 50.5 Å². The third-order valence-electron chi connectivity index (χ3n) is 5.49. The molecule has 0 spiro atoms. The summed E-state index contributed by atoms with van der Waals surface area (Å²) in [6, 6.07) is 15.4. The number of H-pyrrole nitrogens is 1. The molecule has 0 atom stereocenters. The number of carbonyl (C=O) groups is 1. The minimum atomic E-state index is -0.145. The minimum absolute atomic E-state index is 0.145. The molecule has 4 aromatic rings. The zero-order chi connectivity index (χ0) is 21.4. The number of hydrogen-bond acceptors (Lipinski definition) is 3. The number of benzene rings is 3. The van der Waals surface area contributed by atoms with Gasteiger partial charge in [-0.15, -0.1) is 0 Å². The van der Waals surface area contributed by atoms with Crippen LogP contribution in [0.1, 0.15) is 32.6 Å². The van der Waals surface area contributed by atoms with Crippen LogP contribution in [0.5, 0.6) is 5.75 Å². The van der Waals surface area contributed by atoms with Crippen molar-refractivity contribution in [3.8, 4) is 17.1 Å². The SMILES string of the molecule is COc1cc(C)c(-c2nc3ccc(C(=O)Nc4ccc(C)c(C)c4)cc3[nH]2)c(C)c1. The molecule has 0 saturated carbocycles. The number of aromatic nitrogens is 2. The maximum Gasteiger partial charge on any atom is 0.255 e. The number of fused-ring (bicyclic) bond motifs is 1. The van der Waals surface area contributed by atoms with Gasteiger partial charge in [0, 0.05) is 16.8 Å². The predicted molar refractivity (Wildman–Crippen MR) is 121 cm³/mol. The van der Waals surface area contributed by atoms with Crippen molar-refractivity contribution in [2.45, 2.75) is 27.7 Å². The molecule has 5 nitrogen and oxygen atoms in total. The van der Waals surface area contributed by atoms with Crippen molar-refractivity contribution in [3.05, 3.63) is 76.3 Å². The second-order valence-electron chi connectivity index (χ2n) is 7.71. The largest absolute Gasteiger partial charge is 0.497 e. The van der Waals surface area contributed by atoms with Gasteiger partial charge in [0.25, 0.3) is 5.91 Å². The Morgan fingerprint density at radius 1 is 0.900 bits per heavy atom. The van der Waals surface area contributed by atoms with Gasteiger partial charge in [0.15, 0.2) is 0 Å². The van der Waals surface area contributed by atoms with E-state index in [1.54, 1.807) is 13.2 Å². The van der Waals surface area contributed by atoms with E-state index in [9.17, 15) is 4.79 Å². The minimum Gasteiger partial charge on any atom is -0.497 e. The lowest BCUT2D eigenvalue weighted by molar-refractivity contribution is 0.102. The summed E-state index contributed by atoms with van der Waals surface area (Å²) in [7, 11) is 1.67. The van der Waals surface area contributed by atoms with E-state index in [4.69, 9.17) is 9.72 Å². The molecule has 3 aromatic carbocycles. The van der Waals surface area contributed by atoms with Crippen molar-refractivity contribution in [1.82, 2.24) is 9.97 Å². The topological polar surface area (TPSA) is 67.0 Å². The lowest BCUT2D eigenvalue weighted by Crippen LogP contribution is -2.11. The maximum absolute atomic E-state index is 12.8. The van der Waals surface area contributed by atoms with E-state index >= 15 is 0 Å². The molecule has 1 aromatic heterocycles. The molecule has 0 saturated heterocycles. The Kier molecular flexibility index (Phi) is 5.04. The third kappa shape index (κ3) is 3.66. The molecule has 1 heterocycles. The molecule has 0 aliphatic rings. The summed E-state index contributed by atoms with van der Waals surface area (Å²) in [5.74, 6) is 1.47. The molecule has 0 unspecified atom stereocenters. The number of hydrogen-bond donors (Lipinski definition) is 2. The Morgan fingerprint density at radius 3 is 2.30 bits per heavy atom. The Bertz CT molecular complexity index is 1250. The highest BCUT2D eigenvalue weighted by Crippen LogP contribution is 2.30. The molecule has 30 heavy (non-hydrogen) atoms. The molecule has 2 N–H and O–H groups in total. The highest BCUT2D eigenvalue weighted by molar-refractivity contribution is 6.06. The average Bonchev–Trinajstić information content (AvgIpc) is 3.12. The number of carbonyl (C=O) groups excluding carboxylic acids is 1. The van der Waals surface area contributed by atoms with Gasteiger partial charge in [-0.3, -0.25) is 4.79 Å². The van der Waals surface area contributed by atoms with Gasteiger partial charge in [0.05, 0.1) is 18.1 Å². The first-order chi connectivity index (χ1) is 14.4. The summed E-state index contributed by atoms with van der Waals surface area (Å²) in [6.07, 6.45) is 0. The van der Waals surface area contributed by atoms with Crippen molar-refractivity contribution in [2.24, 2.45) is 0 Å². The number of aromatic amines is 1. The van der Waals surface area contributed by atoms with Crippen LogP contribution in [0.4, 0.5) is 5.69 Å². The van der Waals surface area contributed by atoms with Crippen molar-refractivity contribution >= 4 is 22.6 Å². The van der Waals surface area contributed by atoms with Crippen LogP contribution < -0.4 is 10.1 Å².